The Morgan fingerprint density at radius 3 is 2.35 bits per heavy atom. The average Bonchev–Trinajstić information content (AvgIpc) is 2.50. The van der Waals surface area contributed by atoms with Crippen LogP contribution < -0.4 is 5.48 Å². The van der Waals surface area contributed by atoms with Gasteiger partial charge >= 0.3 is 0 Å². The van der Waals surface area contributed by atoms with Gasteiger partial charge in [0, 0.05) is 12.5 Å². The van der Waals surface area contributed by atoms with Crippen LogP contribution in [0.25, 0.3) is 0 Å². The number of hydrogen-bond acceptors (Lipinski definition) is 2. The fourth-order valence-electron chi connectivity index (χ4n) is 3.33. The summed E-state index contributed by atoms with van der Waals surface area (Å²) in [7, 11) is 0. The lowest BCUT2D eigenvalue weighted by atomic mass is 9.69. The minimum absolute atomic E-state index is 0.295. The number of halogens is 2. The molecule has 0 heterocycles. The zero-order chi connectivity index (χ0) is 17.0. The predicted molar refractivity (Wildman–Crippen MR) is 87.9 cm³/mol. The van der Waals surface area contributed by atoms with E-state index in [1.54, 1.807) is 0 Å². The van der Waals surface area contributed by atoms with Crippen LogP contribution in [0.15, 0.2) is 23.2 Å². The number of hydroxylamine groups is 1. The monoisotopic (exact) mass is 324 g/mol. The van der Waals surface area contributed by atoms with E-state index in [9.17, 15) is 14.0 Å². The molecule has 0 saturated heterocycles. The molecule has 1 saturated carbocycles. The molecule has 0 spiro atoms. The van der Waals surface area contributed by atoms with E-state index in [1.807, 2.05) is 0 Å². The molecule has 23 heavy (non-hydrogen) atoms. The Kier molecular flexibility index (Phi) is 5.74. The molecule has 3 nitrogen and oxygen atoms in total. The van der Waals surface area contributed by atoms with Crippen molar-refractivity contribution >= 4 is 11.5 Å². The van der Waals surface area contributed by atoms with Crippen LogP contribution in [0.1, 0.15) is 52.9 Å². The van der Waals surface area contributed by atoms with Gasteiger partial charge in [-0.2, -0.15) is 0 Å². The standard InChI is InChI=1S/C18H26F2N2O/c1-18(2,3)13-6-4-12(5-7-13)10-17(22-23)21-14-8-9-15(19)16(20)11-14/h8-9,11-13,23H,4-7,10H2,1-3H3,(H,21,22). The smallest absolute Gasteiger partial charge is 0.160 e. The molecule has 1 fully saturated rings. The lowest BCUT2D eigenvalue weighted by molar-refractivity contribution is 0.150. The van der Waals surface area contributed by atoms with Crippen LogP contribution in [0.5, 0.6) is 0 Å². The first kappa shape index (κ1) is 17.9. The molecular formula is C18H26F2N2O. The molecule has 1 aromatic carbocycles. The Labute approximate surface area is 136 Å². The highest BCUT2D eigenvalue weighted by molar-refractivity contribution is 5.83. The van der Waals surface area contributed by atoms with Gasteiger partial charge in [0.25, 0.3) is 0 Å². The van der Waals surface area contributed by atoms with Crippen LogP contribution in [-0.2, 0) is 0 Å². The van der Waals surface area contributed by atoms with Crippen LogP contribution >= 0.6 is 0 Å². The fraction of sp³-hybridized carbons (Fsp3) is 0.611. The van der Waals surface area contributed by atoms with E-state index in [-0.39, 0.29) is 0 Å². The summed E-state index contributed by atoms with van der Waals surface area (Å²) in [6, 6.07) is 3.47. The number of hydrogen-bond donors (Lipinski definition) is 2. The third-order valence-electron chi connectivity index (χ3n) is 4.85. The van der Waals surface area contributed by atoms with E-state index in [0.29, 0.717) is 29.3 Å². The Balaban J connectivity index is 1.97. The minimum atomic E-state index is -0.936. The van der Waals surface area contributed by atoms with Crippen molar-refractivity contribution in [2.24, 2.45) is 22.2 Å². The number of nitrogens with one attached hydrogen (secondary N) is 1. The molecule has 1 aliphatic carbocycles. The van der Waals surface area contributed by atoms with Crippen LogP contribution in [0, 0.1) is 28.9 Å². The van der Waals surface area contributed by atoms with Crippen LogP contribution in [-0.4, -0.2) is 11.0 Å². The van der Waals surface area contributed by atoms with Crippen molar-refractivity contribution in [2.75, 3.05) is 0 Å². The van der Waals surface area contributed by atoms with E-state index in [1.165, 1.54) is 18.9 Å². The predicted octanol–water partition coefficient (Wildman–Crippen LogP) is 5.22. The minimum Gasteiger partial charge on any atom is -0.290 e. The molecule has 0 aliphatic heterocycles. The highest BCUT2D eigenvalue weighted by Gasteiger charge is 2.30. The number of rotatable bonds is 3. The number of benzene rings is 1. The summed E-state index contributed by atoms with van der Waals surface area (Å²) in [6.45, 7) is 6.84. The molecule has 0 radical (unpaired) electrons. The number of aliphatic imine (C=N–C) groups is 1. The van der Waals surface area contributed by atoms with Crippen molar-refractivity contribution in [3.63, 3.8) is 0 Å². The van der Waals surface area contributed by atoms with Crippen molar-refractivity contribution in [2.45, 2.75) is 52.9 Å². The molecule has 0 atom stereocenters. The molecule has 0 aromatic heterocycles. The van der Waals surface area contributed by atoms with Crippen LogP contribution in [0.2, 0.25) is 0 Å². The van der Waals surface area contributed by atoms with Gasteiger partial charge in [-0.15, -0.1) is 0 Å². The lowest BCUT2D eigenvalue weighted by Gasteiger charge is -2.37. The van der Waals surface area contributed by atoms with Crippen molar-refractivity contribution in [3.8, 4) is 0 Å². The third kappa shape index (κ3) is 4.99. The van der Waals surface area contributed by atoms with Gasteiger partial charge in [-0.25, -0.2) is 13.8 Å². The zero-order valence-electron chi connectivity index (χ0n) is 14.1. The van der Waals surface area contributed by atoms with Crippen molar-refractivity contribution in [1.29, 1.82) is 0 Å². The van der Waals surface area contributed by atoms with Crippen molar-refractivity contribution in [3.05, 3.63) is 29.8 Å². The zero-order valence-corrected chi connectivity index (χ0v) is 14.1. The summed E-state index contributed by atoms with van der Waals surface area (Å²) in [5, 5.41) is 9.27. The summed E-state index contributed by atoms with van der Waals surface area (Å²) in [5.41, 5.74) is 2.74. The summed E-state index contributed by atoms with van der Waals surface area (Å²) >= 11 is 0. The highest BCUT2D eigenvalue weighted by atomic mass is 19.2. The maximum absolute atomic E-state index is 13.2. The molecule has 1 aromatic rings. The second kappa shape index (κ2) is 7.39. The average molecular weight is 324 g/mol. The molecule has 5 heteroatoms. The third-order valence-corrected chi connectivity index (χ3v) is 4.85. The Bertz CT molecular complexity index is 559. The van der Waals surface area contributed by atoms with Crippen LogP contribution in [0.4, 0.5) is 14.5 Å². The first-order valence-corrected chi connectivity index (χ1v) is 8.22. The van der Waals surface area contributed by atoms with E-state index in [4.69, 9.17) is 0 Å². The van der Waals surface area contributed by atoms with E-state index >= 15 is 0 Å². The number of nitrogens with zero attached hydrogens (tertiary/aromatic N) is 1. The lowest BCUT2D eigenvalue weighted by Crippen LogP contribution is -2.29. The summed E-state index contributed by atoms with van der Waals surface area (Å²) < 4.78 is 26.2. The first-order valence-electron chi connectivity index (χ1n) is 8.22. The van der Waals surface area contributed by atoms with Gasteiger partial charge in [-0.3, -0.25) is 10.7 Å². The molecule has 1 aliphatic rings. The molecule has 2 N–H and O–H groups in total. The Morgan fingerprint density at radius 2 is 1.83 bits per heavy atom. The maximum atomic E-state index is 13.2. The maximum Gasteiger partial charge on any atom is 0.160 e. The topological polar surface area (TPSA) is 44.6 Å². The molecule has 2 rings (SSSR count). The Hall–Kier alpha value is -1.49. The van der Waals surface area contributed by atoms with E-state index < -0.39 is 11.6 Å². The first-order chi connectivity index (χ1) is 10.8. The molecule has 128 valence electrons. The second-order valence-electron chi connectivity index (χ2n) is 7.56. The van der Waals surface area contributed by atoms with Crippen molar-refractivity contribution < 1.29 is 14.0 Å². The number of amidine groups is 1. The molecule has 0 amide bonds. The Morgan fingerprint density at radius 1 is 1.17 bits per heavy atom. The van der Waals surface area contributed by atoms with Crippen LogP contribution in [0.3, 0.4) is 0 Å². The van der Waals surface area contributed by atoms with Gasteiger partial charge in [0.15, 0.2) is 11.6 Å². The van der Waals surface area contributed by atoms with E-state index in [2.05, 4.69) is 31.2 Å². The fourth-order valence-corrected chi connectivity index (χ4v) is 3.33. The van der Waals surface area contributed by atoms with Gasteiger partial charge in [0.05, 0.1) is 5.69 Å². The highest BCUT2D eigenvalue weighted by Crippen LogP contribution is 2.40. The van der Waals surface area contributed by atoms with Gasteiger partial charge in [0.2, 0.25) is 0 Å². The van der Waals surface area contributed by atoms with Gasteiger partial charge in [-0.05, 0) is 55.1 Å². The van der Waals surface area contributed by atoms with E-state index in [0.717, 1.165) is 30.9 Å². The van der Waals surface area contributed by atoms with Gasteiger partial charge in [-0.1, -0.05) is 20.8 Å². The molecule has 0 unspecified atom stereocenters. The molecular weight excluding hydrogens is 298 g/mol. The summed E-state index contributed by atoms with van der Waals surface area (Å²) in [4.78, 5) is 4.19. The quantitative estimate of drug-likeness (QED) is 0.455. The second-order valence-corrected chi connectivity index (χ2v) is 7.56. The van der Waals surface area contributed by atoms with Gasteiger partial charge in [0.1, 0.15) is 5.84 Å². The van der Waals surface area contributed by atoms with Gasteiger partial charge < -0.3 is 0 Å². The largest absolute Gasteiger partial charge is 0.290 e. The summed E-state index contributed by atoms with van der Waals surface area (Å²) in [6.07, 6.45) is 5.17. The normalized spacial score (nSPS) is 23.0. The summed E-state index contributed by atoms with van der Waals surface area (Å²) in [5.74, 6) is -0.253. The van der Waals surface area contributed by atoms with Crippen molar-refractivity contribution in [1.82, 2.24) is 5.48 Å². The molecule has 0 bridgehead atoms. The SMILES string of the molecule is CC(C)(C)C1CCC(CC(=Nc2ccc(F)c(F)c2)NO)CC1.